The molecule has 1 heterocycles. The van der Waals surface area contributed by atoms with Gasteiger partial charge in [0.05, 0.1) is 19.8 Å². The molecule has 1 aromatic rings. The van der Waals surface area contributed by atoms with Crippen LogP contribution in [0.25, 0.3) is 0 Å². The number of ether oxygens (including phenoxy) is 2. The Bertz CT molecular complexity index is 683. The molecule has 1 aliphatic heterocycles. The molecule has 0 aliphatic carbocycles. The number of nitrogens with one attached hydrogen (secondary N) is 3. The highest BCUT2D eigenvalue weighted by Gasteiger charge is 2.17. The first-order chi connectivity index (χ1) is 13.3. The van der Waals surface area contributed by atoms with Crippen LogP contribution in [0.5, 0.6) is 5.75 Å². The second-order valence-corrected chi connectivity index (χ2v) is 8.23. The van der Waals surface area contributed by atoms with Crippen molar-refractivity contribution in [2.24, 2.45) is 10.9 Å². The highest BCUT2D eigenvalue weighted by molar-refractivity contribution is 14.0. The number of nitrogens with zero attached hydrogens (tertiary/aromatic N) is 1. The number of rotatable bonds is 7. The van der Waals surface area contributed by atoms with Crippen LogP contribution in [0.1, 0.15) is 38.3 Å². The van der Waals surface area contributed by atoms with E-state index in [1.54, 1.807) is 7.05 Å². The van der Waals surface area contributed by atoms with Gasteiger partial charge in [0.25, 0.3) is 0 Å². The summed E-state index contributed by atoms with van der Waals surface area (Å²) in [6, 6.07) is 6.18. The fraction of sp³-hybridized carbons (Fsp3) is 0.619. The third-order valence-corrected chi connectivity index (χ3v) is 4.32. The Labute approximate surface area is 191 Å². The summed E-state index contributed by atoms with van der Waals surface area (Å²) in [5, 5.41) is 9.20. The lowest BCUT2D eigenvalue weighted by molar-refractivity contribution is -0.121. The van der Waals surface area contributed by atoms with E-state index < -0.39 is 0 Å². The van der Waals surface area contributed by atoms with Crippen LogP contribution >= 0.6 is 24.0 Å². The number of halogens is 1. The molecule has 3 N–H and O–H groups in total. The predicted molar refractivity (Wildman–Crippen MR) is 127 cm³/mol. The Balaban J connectivity index is 0.00000420. The second-order valence-electron chi connectivity index (χ2n) is 8.23. The fourth-order valence-electron chi connectivity index (χ4n) is 2.89. The Hall–Kier alpha value is -1.55. The van der Waals surface area contributed by atoms with Crippen molar-refractivity contribution < 1.29 is 14.3 Å². The van der Waals surface area contributed by atoms with Crippen LogP contribution in [-0.4, -0.2) is 50.8 Å². The lowest BCUT2D eigenvalue weighted by atomic mass is 10.1. The molecule has 7 nitrogen and oxygen atoms in total. The lowest BCUT2D eigenvalue weighted by Gasteiger charge is -2.21. The molecule has 0 aromatic heterocycles. The van der Waals surface area contributed by atoms with Gasteiger partial charge in [-0.3, -0.25) is 9.79 Å². The van der Waals surface area contributed by atoms with Gasteiger partial charge in [0.1, 0.15) is 5.75 Å². The van der Waals surface area contributed by atoms with Gasteiger partial charge >= 0.3 is 0 Å². The number of amides is 1. The van der Waals surface area contributed by atoms with Crippen LogP contribution in [0.2, 0.25) is 0 Å². The summed E-state index contributed by atoms with van der Waals surface area (Å²) in [4.78, 5) is 16.2. The molecule has 1 unspecified atom stereocenters. The number of aliphatic imine (C=N–C) groups is 1. The van der Waals surface area contributed by atoms with E-state index in [2.05, 4.69) is 46.1 Å². The maximum absolute atomic E-state index is 12.0. The van der Waals surface area contributed by atoms with Crippen molar-refractivity contribution in [1.82, 2.24) is 16.0 Å². The van der Waals surface area contributed by atoms with Crippen molar-refractivity contribution in [2.45, 2.75) is 46.2 Å². The Kier molecular flexibility index (Phi) is 10.7. The van der Waals surface area contributed by atoms with Crippen molar-refractivity contribution >= 4 is 35.8 Å². The highest BCUT2D eigenvalue weighted by Crippen LogP contribution is 2.22. The zero-order chi connectivity index (χ0) is 20.6. The summed E-state index contributed by atoms with van der Waals surface area (Å²) in [6.07, 6.45) is 1.05. The van der Waals surface area contributed by atoms with Crippen molar-refractivity contribution in [1.29, 1.82) is 0 Å². The SMILES string of the molecule is CN=C(NCC(=O)NC(C)(C)C)NCc1ccc(C)cc1OCC1CCOC1.I. The maximum atomic E-state index is 12.0. The number of benzene rings is 1. The van der Waals surface area contributed by atoms with Crippen molar-refractivity contribution in [3.63, 3.8) is 0 Å². The van der Waals surface area contributed by atoms with E-state index in [-0.39, 0.29) is 42.0 Å². The van der Waals surface area contributed by atoms with Crippen LogP contribution in [-0.2, 0) is 16.1 Å². The van der Waals surface area contributed by atoms with Gasteiger partial charge in [0.15, 0.2) is 5.96 Å². The van der Waals surface area contributed by atoms with Crippen LogP contribution in [0.4, 0.5) is 0 Å². The lowest BCUT2D eigenvalue weighted by Crippen LogP contribution is -2.48. The number of carbonyl (C=O) groups is 1. The molecule has 164 valence electrons. The number of guanidine groups is 1. The van der Waals surface area contributed by atoms with Gasteiger partial charge in [0, 0.05) is 37.2 Å². The van der Waals surface area contributed by atoms with Gasteiger partial charge in [-0.2, -0.15) is 0 Å². The Morgan fingerprint density at radius 1 is 1.31 bits per heavy atom. The van der Waals surface area contributed by atoms with Crippen LogP contribution in [0.3, 0.4) is 0 Å². The van der Waals surface area contributed by atoms with E-state index >= 15 is 0 Å². The molecule has 0 radical (unpaired) electrons. The molecule has 1 aromatic carbocycles. The summed E-state index contributed by atoms with van der Waals surface area (Å²) in [7, 11) is 1.68. The van der Waals surface area contributed by atoms with E-state index in [0.717, 1.165) is 36.5 Å². The van der Waals surface area contributed by atoms with Gasteiger partial charge in [0.2, 0.25) is 5.91 Å². The summed E-state index contributed by atoms with van der Waals surface area (Å²) in [5.41, 5.74) is 1.95. The van der Waals surface area contributed by atoms with Gasteiger partial charge in [-0.05, 0) is 45.7 Å². The van der Waals surface area contributed by atoms with Gasteiger partial charge in [-0.1, -0.05) is 12.1 Å². The smallest absolute Gasteiger partial charge is 0.239 e. The van der Waals surface area contributed by atoms with Gasteiger partial charge in [-0.25, -0.2) is 0 Å². The Morgan fingerprint density at radius 2 is 2.07 bits per heavy atom. The molecule has 2 rings (SSSR count). The zero-order valence-electron chi connectivity index (χ0n) is 18.1. The van der Waals surface area contributed by atoms with Crippen LogP contribution in [0, 0.1) is 12.8 Å². The Morgan fingerprint density at radius 3 is 2.69 bits per heavy atom. The minimum atomic E-state index is -0.256. The molecule has 0 spiro atoms. The maximum Gasteiger partial charge on any atom is 0.239 e. The second kappa shape index (κ2) is 12.2. The molecule has 1 fully saturated rings. The van der Waals surface area contributed by atoms with E-state index in [1.807, 2.05) is 20.8 Å². The van der Waals surface area contributed by atoms with Crippen molar-refractivity contribution in [3.05, 3.63) is 29.3 Å². The molecule has 8 heteroatoms. The summed E-state index contributed by atoms with van der Waals surface area (Å²) in [5.74, 6) is 1.82. The van der Waals surface area contributed by atoms with Crippen molar-refractivity contribution in [2.75, 3.05) is 33.4 Å². The topological polar surface area (TPSA) is 84.0 Å². The average Bonchev–Trinajstić information content (AvgIpc) is 3.13. The molecule has 1 amide bonds. The highest BCUT2D eigenvalue weighted by atomic mass is 127. The molecule has 0 bridgehead atoms. The molecule has 0 saturated carbocycles. The summed E-state index contributed by atoms with van der Waals surface area (Å²) in [6.45, 7) is 10.9. The normalized spacial score (nSPS) is 16.7. The minimum Gasteiger partial charge on any atom is -0.493 e. The molecular weight excluding hydrogens is 483 g/mol. The van der Waals surface area contributed by atoms with Crippen molar-refractivity contribution in [3.8, 4) is 5.75 Å². The van der Waals surface area contributed by atoms with E-state index in [4.69, 9.17) is 9.47 Å². The summed E-state index contributed by atoms with van der Waals surface area (Å²) < 4.78 is 11.5. The number of carbonyl (C=O) groups excluding carboxylic acids is 1. The number of aryl methyl sites for hydroxylation is 1. The molecule has 1 saturated heterocycles. The quantitative estimate of drug-likeness (QED) is 0.294. The summed E-state index contributed by atoms with van der Waals surface area (Å²) >= 11 is 0. The molecule has 1 aliphatic rings. The molecular formula is C21H35IN4O3. The molecule has 1 atom stereocenters. The predicted octanol–water partition coefficient (Wildman–Crippen LogP) is 2.61. The third-order valence-electron chi connectivity index (χ3n) is 4.32. The monoisotopic (exact) mass is 518 g/mol. The first-order valence-corrected chi connectivity index (χ1v) is 9.82. The first-order valence-electron chi connectivity index (χ1n) is 9.82. The number of hydrogen-bond acceptors (Lipinski definition) is 4. The average molecular weight is 518 g/mol. The van der Waals surface area contributed by atoms with Crippen LogP contribution < -0.4 is 20.7 Å². The van der Waals surface area contributed by atoms with E-state index in [1.165, 1.54) is 0 Å². The van der Waals surface area contributed by atoms with Crippen LogP contribution in [0.15, 0.2) is 23.2 Å². The number of hydrogen-bond donors (Lipinski definition) is 3. The zero-order valence-corrected chi connectivity index (χ0v) is 20.5. The molecule has 29 heavy (non-hydrogen) atoms. The van der Waals surface area contributed by atoms with Gasteiger partial charge < -0.3 is 25.4 Å². The minimum absolute atomic E-state index is 0. The van der Waals surface area contributed by atoms with E-state index in [0.29, 0.717) is 25.0 Å². The van der Waals surface area contributed by atoms with E-state index in [9.17, 15) is 4.79 Å². The van der Waals surface area contributed by atoms with Gasteiger partial charge in [-0.15, -0.1) is 24.0 Å². The first kappa shape index (κ1) is 25.5. The standard InChI is InChI=1S/C21H34N4O3.HI/c1-15-6-7-17(18(10-15)28-14-16-8-9-27-13-16)11-23-20(22-5)24-12-19(26)25-21(2,3)4;/h6-7,10,16H,8-9,11-14H2,1-5H3,(H,25,26)(H2,22,23,24);1H. The largest absolute Gasteiger partial charge is 0.493 e. The third kappa shape index (κ3) is 9.66. The fourth-order valence-corrected chi connectivity index (χ4v) is 2.89.